The predicted molar refractivity (Wildman–Crippen MR) is 137 cm³/mol. The van der Waals surface area contributed by atoms with Crippen molar-refractivity contribution in [3.63, 3.8) is 0 Å². The van der Waals surface area contributed by atoms with E-state index in [1.165, 1.54) is 12.1 Å². The molecule has 0 aliphatic carbocycles. The molecule has 2 amide bonds. The summed E-state index contributed by atoms with van der Waals surface area (Å²) in [5.41, 5.74) is 11.0. The van der Waals surface area contributed by atoms with Crippen molar-refractivity contribution >= 4 is 28.3 Å². The van der Waals surface area contributed by atoms with E-state index in [9.17, 15) is 31.2 Å². The Morgan fingerprint density at radius 2 is 1.77 bits per heavy atom. The minimum absolute atomic E-state index is 0.0540. The summed E-state index contributed by atoms with van der Waals surface area (Å²) in [7, 11) is -4.38. The molecule has 0 saturated carbocycles. The molecule has 39 heavy (non-hydrogen) atoms. The molecule has 0 saturated heterocycles. The van der Waals surface area contributed by atoms with Crippen LogP contribution < -0.4 is 21.5 Å². The molecule has 1 unspecified atom stereocenters. The largest absolute Gasteiger partial charge is 0.435 e. The molecule has 0 aliphatic rings. The topological polar surface area (TPSA) is 175 Å². The number of guanidine groups is 1. The number of halogens is 3. The highest BCUT2D eigenvalue weighted by Gasteiger charge is 2.35. The Morgan fingerprint density at radius 1 is 1.13 bits per heavy atom. The Balaban J connectivity index is 1.85. The maximum Gasteiger partial charge on any atom is 0.435 e. The van der Waals surface area contributed by atoms with Crippen LogP contribution in [-0.4, -0.2) is 49.1 Å². The molecule has 208 valence electrons. The van der Waals surface area contributed by atoms with E-state index >= 15 is 0 Å². The Hall–Kier alpha value is -4.40. The number of benzene rings is 2. The number of nitrogens with one attached hydrogen (secondary N) is 2. The molecule has 1 aromatic heterocycles. The van der Waals surface area contributed by atoms with Gasteiger partial charge in [-0.3, -0.25) is 14.6 Å². The highest BCUT2D eigenvalue weighted by molar-refractivity contribution is 7.90. The summed E-state index contributed by atoms with van der Waals surface area (Å²) in [6.07, 6.45) is -4.11. The fourth-order valence-corrected chi connectivity index (χ4v) is 4.57. The first-order valence-corrected chi connectivity index (χ1v) is 13.0. The van der Waals surface area contributed by atoms with Crippen LogP contribution in [0.5, 0.6) is 0 Å². The Morgan fingerprint density at radius 3 is 2.33 bits per heavy atom. The molecule has 6 N–H and O–H groups in total. The van der Waals surface area contributed by atoms with E-state index < -0.39 is 33.8 Å². The van der Waals surface area contributed by atoms with Crippen molar-refractivity contribution in [2.24, 2.45) is 16.5 Å². The number of sulfonamides is 1. The first-order chi connectivity index (χ1) is 18.3. The van der Waals surface area contributed by atoms with Crippen LogP contribution in [0, 0.1) is 6.92 Å². The van der Waals surface area contributed by atoms with E-state index in [2.05, 4.69) is 15.4 Å². The molecule has 3 rings (SSSR count). The van der Waals surface area contributed by atoms with Gasteiger partial charge in [0.1, 0.15) is 6.04 Å². The average Bonchev–Trinajstić information content (AvgIpc) is 3.32. The summed E-state index contributed by atoms with van der Waals surface area (Å²) in [4.78, 5) is 26.9. The lowest BCUT2D eigenvalue weighted by Crippen LogP contribution is -2.45. The van der Waals surface area contributed by atoms with Crippen LogP contribution in [0.3, 0.4) is 0 Å². The lowest BCUT2D eigenvalue weighted by Gasteiger charge is -2.16. The molecular weight excluding hydrogens is 539 g/mol. The molecular formula is C24H26F3N7O4S. The molecule has 0 fully saturated rings. The average molecular weight is 566 g/mol. The highest BCUT2D eigenvalue weighted by Crippen LogP contribution is 2.33. The smallest absolute Gasteiger partial charge is 0.370 e. The molecule has 3 aromatic rings. The maximum atomic E-state index is 13.4. The van der Waals surface area contributed by atoms with E-state index in [0.29, 0.717) is 5.56 Å². The number of alkyl halides is 3. The number of hydrogen-bond acceptors (Lipinski definition) is 6. The van der Waals surface area contributed by atoms with Gasteiger partial charge in [0, 0.05) is 12.1 Å². The minimum Gasteiger partial charge on any atom is -0.370 e. The summed E-state index contributed by atoms with van der Waals surface area (Å²) in [6, 6.07) is 11.3. The van der Waals surface area contributed by atoms with E-state index in [1.54, 1.807) is 24.3 Å². The minimum atomic E-state index is -4.70. The first-order valence-electron chi connectivity index (χ1n) is 11.5. The quantitative estimate of drug-likeness (QED) is 0.119. The van der Waals surface area contributed by atoms with Crippen molar-refractivity contribution in [1.82, 2.24) is 19.8 Å². The zero-order chi connectivity index (χ0) is 28.8. The lowest BCUT2D eigenvalue weighted by atomic mass is 10.1. The first kappa shape index (κ1) is 29.2. The molecule has 0 aliphatic heterocycles. The summed E-state index contributed by atoms with van der Waals surface area (Å²) >= 11 is 0. The van der Waals surface area contributed by atoms with Gasteiger partial charge in [-0.05, 0) is 50.1 Å². The van der Waals surface area contributed by atoms with Crippen LogP contribution >= 0.6 is 0 Å². The van der Waals surface area contributed by atoms with Crippen molar-refractivity contribution in [2.45, 2.75) is 36.9 Å². The zero-order valence-corrected chi connectivity index (χ0v) is 21.5. The second-order valence-corrected chi connectivity index (χ2v) is 10.1. The zero-order valence-electron chi connectivity index (χ0n) is 20.6. The van der Waals surface area contributed by atoms with E-state index in [1.807, 2.05) is 11.6 Å². The van der Waals surface area contributed by atoms with Crippen LogP contribution in [0.1, 0.15) is 24.1 Å². The van der Waals surface area contributed by atoms with Gasteiger partial charge in [-0.25, -0.2) is 17.8 Å². The number of amides is 2. The number of aromatic nitrogens is 2. The van der Waals surface area contributed by atoms with Crippen molar-refractivity contribution in [1.29, 1.82) is 0 Å². The van der Waals surface area contributed by atoms with Crippen molar-refractivity contribution in [3.05, 3.63) is 65.9 Å². The molecule has 1 atom stereocenters. The van der Waals surface area contributed by atoms with Gasteiger partial charge in [0.05, 0.1) is 16.3 Å². The fraction of sp³-hybridized carbons (Fsp3) is 0.250. The van der Waals surface area contributed by atoms with Gasteiger partial charge in [-0.15, -0.1) is 0 Å². The van der Waals surface area contributed by atoms with Crippen molar-refractivity contribution in [2.75, 3.05) is 6.54 Å². The number of carbonyl (C=O) groups is 2. The highest BCUT2D eigenvalue weighted by atomic mass is 32.2. The molecule has 2 aromatic carbocycles. The van der Waals surface area contributed by atoms with E-state index in [4.69, 9.17) is 11.5 Å². The third-order valence-electron chi connectivity index (χ3n) is 5.50. The van der Waals surface area contributed by atoms with Crippen LogP contribution in [-0.2, 0) is 25.8 Å². The third kappa shape index (κ3) is 7.56. The van der Waals surface area contributed by atoms with Gasteiger partial charge >= 0.3 is 6.18 Å². The van der Waals surface area contributed by atoms with Gasteiger partial charge in [-0.1, -0.05) is 29.8 Å². The second-order valence-electron chi connectivity index (χ2n) is 8.44. The Kier molecular flexibility index (Phi) is 8.96. The molecule has 15 heteroatoms. The molecule has 0 bridgehead atoms. The number of hydrogen-bond donors (Lipinski definition) is 4. The lowest BCUT2D eigenvalue weighted by molar-refractivity contribution is -0.141. The summed E-state index contributed by atoms with van der Waals surface area (Å²) in [5.74, 6) is -1.14. The number of carbonyl (C=O) groups excluding carboxylic acids is 2. The Bertz CT molecular complexity index is 1450. The third-order valence-corrected chi connectivity index (χ3v) is 6.87. The summed E-state index contributed by atoms with van der Waals surface area (Å²) in [5, 5.41) is 5.93. The normalized spacial score (nSPS) is 12.4. The summed E-state index contributed by atoms with van der Waals surface area (Å²) in [6.45, 7) is 2.00. The van der Waals surface area contributed by atoms with Crippen LogP contribution in [0.25, 0.3) is 16.9 Å². The van der Waals surface area contributed by atoms with Crippen LogP contribution in [0.4, 0.5) is 13.2 Å². The fourth-order valence-electron chi connectivity index (χ4n) is 3.55. The summed E-state index contributed by atoms with van der Waals surface area (Å²) < 4.78 is 68.8. The molecule has 1 heterocycles. The predicted octanol–water partition coefficient (Wildman–Crippen LogP) is 1.84. The maximum absolute atomic E-state index is 13.4. The SMILES string of the molecule is Cc1ccc(-c2cc(C(F)(F)F)nn2-c2ccc(S(=O)(=O)NC(=O)C(CCCN=C(N)N)NC=O)cc2)cc1. The number of aryl methyl sites for hydroxylation is 1. The van der Waals surface area contributed by atoms with Crippen LogP contribution in [0.2, 0.25) is 0 Å². The Labute approximate surface area is 222 Å². The monoisotopic (exact) mass is 565 g/mol. The van der Waals surface area contributed by atoms with Crippen LogP contribution in [0.15, 0.2) is 64.5 Å². The number of nitrogens with zero attached hydrogens (tertiary/aromatic N) is 3. The standard InChI is InChI=1S/C24H26F3N7O4S/c1-15-4-6-16(7-5-15)20-13-21(24(25,26)27)32-34(20)17-8-10-18(11-9-17)39(37,38)33-22(36)19(31-14-35)3-2-12-30-23(28)29/h4-11,13-14,19H,2-3,12H2,1H3,(H,31,35)(H,33,36)(H4,28,29,30). The van der Waals surface area contributed by atoms with E-state index in [-0.39, 0.29) is 48.0 Å². The van der Waals surface area contributed by atoms with Gasteiger partial charge in [0.2, 0.25) is 6.41 Å². The van der Waals surface area contributed by atoms with Gasteiger partial charge < -0.3 is 16.8 Å². The van der Waals surface area contributed by atoms with Gasteiger partial charge in [0.25, 0.3) is 15.9 Å². The molecule has 0 radical (unpaired) electrons. The number of nitrogens with two attached hydrogens (primary N) is 2. The number of aliphatic imine (C=N–C) groups is 1. The van der Waals surface area contributed by atoms with Crippen molar-refractivity contribution < 1.29 is 31.2 Å². The van der Waals surface area contributed by atoms with Crippen molar-refractivity contribution in [3.8, 4) is 16.9 Å². The van der Waals surface area contributed by atoms with Gasteiger partial charge in [-0.2, -0.15) is 18.3 Å². The van der Waals surface area contributed by atoms with Gasteiger partial charge in [0.15, 0.2) is 11.7 Å². The molecule has 11 nitrogen and oxygen atoms in total. The molecule has 0 spiro atoms. The van der Waals surface area contributed by atoms with E-state index in [0.717, 1.165) is 28.4 Å². The number of rotatable bonds is 11. The second kappa shape index (κ2) is 12.0.